The van der Waals surface area contributed by atoms with Crippen molar-refractivity contribution in [2.24, 2.45) is 0 Å². The smallest absolute Gasteiger partial charge is 0.114 e. The fourth-order valence-corrected chi connectivity index (χ4v) is 1.86. The van der Waals surface area contributed by atoms with Crippen LogP contribution in [0.25, 0.3) is 0 Å². The summed E-state index contributed by atoms with van der Waals surface area (Å²) in [5.74, 6) is 7.74. The van der Waals surface area contributed by atoms with E-state index in [9.17, 15) is 5.11 Å². The van der Waals surface area contributed by atoms with Crippen LogP contribution in [0.5, 0.6) is 0 Å². The van der Waals surface area contributed by atoms with Gasteiger partial charge in [-0.2, -0.15) is 0 Å². The SMILES string of the molecule is C#CCCCCCCCCCCC(O)C#CCO. The molecule has 0 bridgehead atoms. The van der Waals surface area contributed by atoms with Crippen LogP contribution in [0.1, 0.15) is 64.2 Å². The molecule has 1 atom stereocenters. The second kappa shape index (κ2) is 14.1. The van der Waals surface area contributed by atoms with Crippen molar-refractivity contribution in [1.29, 1.82) is 0 Å². The maximum absolute atomic E-state index is 9.40. The molecule has 0 saturated heterocycles. The first-order valence-corrected chi connectivity index (χ1v) is 7.02. The fraction of sp³-hybridized carbons (Fsp3) is 0.750. The van der Waals surface area contributed by atoms with E-state index in [0.29, 0.717) is 0 Å². The van der Waals surface area contributed by atoms with Crippen LogP contribution in [0, 0.1) is 24.2 Å². The van der Waals surface area contributed by atoms with E-state index in [1.54, 1.807) is 0 Å². The Kier molecular flexibility index (Phi) is 13.4. The van der Waals surface area contributed by atoms with Crippen molar-refractivity contribution in [2.45, 2.75) is 70.3 Å². The Bertz CT molecular complexity index is 267. The van der Waals surface area contributed by atoms with Gasteiger partial charge < -0.3 is 10.2 Å². The zero-order valence-electron chi connectivity index (χ0n) is 11.3. The summed E-state index contributed by atoms with van der Waals surface area (Å²) in [7, 11) is 0. The van der Waals surface area contributed by atoms with Gasteiger partial charge in [-0.25, -0.2) is 0 Å². The quantitative estimate of drug-likeness (QED) is 0.462. The Labute approximate surface area is 112 Å². The summed E-state index contributed by atoms with van der Waals surface area (Å²) in [6.45, 7) is -0.170. The van der Waals surface area contributed by atoms with Crippen LogP contribution in [0.15, 0.2) is 0 Å². The zero-order valence-corrected chi connectivity index (χ0v) is 11.3. The fourth-order valence-electron chi connectivity index (χ4n) is 1.86. The molecular weight excluding hydrogens is 224 g/mol. The van der Waals surface area contributed by atoms with Crippen molar-refractivity contribution in [3.05, 3.63) is 0 Å². The van der Waals surface area contributed by atoms with Crippen molar-refractivity contribution in [3.63, 3.8) is 0 Å². The molecule has 1 unspecified atom stereocenters. The van der Waals surface area contributed by atoms with E-state index >= 15 is 0 Å². The van der Waals surface area contributed by atoms with Gasteiger partial charge in [-0.15, -0.1) is 12.3 Å². The largest absolute Gasteiger partial charge is 0.384 e. The number of hydrogen-bond donors (Lipinski definition) is 2. The van der Waals surface area contributed by atoms with Gasteiger partial charge in [0.2, 0.25) is 0 Å². The molecule has 18 heavy (non-hydrogen) atoms. The van der Waals surface area contributed by atoms with E-state index in [4.69, 9.17) is 11.5 Å². The van der Waals surface area contributed by atoms with E-state index in [-0.39, 0.29) is 6.61 Å². The van der Waals surface area contributed by atoms with Gasteiger partial charge in [-0.05, 0) is 19.3 Å². The molecule has 0 heterocycles. The van der Waals surface area contributed by atoms with E-state index in [1.165, 1.54) is 32.1 Å². The molecule has 0 aromatic heterocycles. The summed E-state index contributed by atoms with van der Waals surface area (Å²) in [5, 5.41) is 17.9. The monoisotopic (exact) mass is 250 g/mol. The number of rotatable bonds is 10. The predicted molar refractivity (Wildman–Crippen MR) is 75.9 cm³/mol. The summed E-state index contributed by atoms with van der Waals surface area (Å²) in [6, 6.07) is 0. The van der Waals surface area contributed by atoms with Crippen LogP contribution < -0.4 is 0 Å². The van der Waals surface area contributed by atoms with Crippen LogP contribution in [-0.4, -0.2) is 22.9 Å². The van der Waals surface area contributed by atoms with Crippen molar-refractivity contribution >= 4 is 0 Å². The molecular formula is C16H26O2. The van der Waals surface area contributed by atoms with Gasteiger partial charge in [0.1, 0.15) is 12.7 Å². The first kappa shape index (κ1) is 17.0. The van der Waals surface area contributed by atoms with Crippen molar-refractivity contribution < 1.29 is 10.2 Å². The lowest BCUT2D eigenvalue weighted by molar-refractivity contribution is 0.216. The molecule has 2 heteroatoms. The van der Waals surface area contributed by atoms with Gasteiger partial charge >= 0.3 is 0 Å². The average molecular weight is 250 g/mol. The lowest BCUT2D eigenvalue weighted by atomic mass is 10.1. The average Bonchev–Trinajstić information content (AvgIpc) is 2.38. The van der Waals surface area contributed by atoms with Gasteiger partial charge in [0.25, 0.3) is 0 Å². The molecule has 0 aliphatic rings. The summed E-state index contributed by atoms with van der Waals surface area (Å²) < 4.78 is 0. The summed E-state index contributed by atoms with van der Waals surface area (Å²) in [5.41, 5.74) is 0. The second-order valence-corrected chi connectivity index (χ2v) is 4.57. The van der Waals surface area contributed by atoms with Crippen LogP contribution in [0.2, 0.25) is 0 Å². The minimum absolute atomic E-state index is 0.170. The predicted octanol–water partition coefficient (Wildman–Crippen LogP) is 2.88. The molecule has 0 fully saturated rings. The third-order valence-electron chi connectivity index (χ3n) is 2.90. The van der Waals surface area contributed by atoms with Gasteiger partial charge in [-0.3, -0.25) is 0 Å². The van der Waals surface area contributed by atoms with Gasteiger partial charge in [0.15, 0.2) is 0 Å². The molecule has 0 rings (SSSR count). The normalized spacial score (nSPS) is 11.4. The lowest BCUT2D eigenvalue weighted by Crippen LogP contribution is -2.02. The summed E-state index contributed by atoms with van der Waals surface area (Å²) >= 11 is 0. The number of unbranched alkanes of at least 4 members (excludes halogenated alkanes) is 8. The molecule has 0 spiro atoms. The number of aliphatic hydroxyl groups is 2. The maximum Gasteiger partial charge on any atom is 0.114 e. The molecule has 0 aromatic carbocycles. The summed E-state index contributed by atoms with van der Waals surface area (Å²) in [6.07, 6.45) is 15.9. The minimum atomic E-state index is -0.569. The van der Waals surface area contributed by atoms with Gasteiger partial charge in [0.05, 0.1) is 0 Å². The second-order valence-electron chi connectivity index (χ2n) is 4.57. The Morgan fingerprint density at radius 1 is 0.889 bits per heavy atom. The highest BCUT2D eigenvalue weighted by atomic mass is 16.3. The number of aliphatic hydroxyl groups excluding tert-OH is 2. The van der Waals surface area contributed by atoms with Crippen LogP contribution in [-0.2, 0) is 0 Å². The van der Waals surface area contributed by atoms with E-state index < -0.39 is 6.10 Å². The third kappa shape index (κ3) is 13.1. The van der Waals surface area contributed by atoms with Crippen molar-refractivity contribution in [2.75, 3.05) is 6.61 Å². The third-order valence-corrected chi connectivity index (χ3v) is 2.90. The topological polar surface area (TPSA) is 40.5 Å². The molecule has 0 aliphatic heterocycles. The Morgan fingerprint density at radius 2 is 1.44 bits per heavy atom. The summed E-state index contributed by atoms with van der Waals surface area (Å²) in [4.78, 5) is 0. The molecule has 0 radical (unpaired) electrons. The van der Waals surface area contributed by atoms with Crippen LogP contribution in [0.4, 0.5) is 0 Å². The van der Waals surface area contributed by atoms with Gasteiger partial charge in [-0.1, -0.05) is 50.4 Å². The number of terminal acetylenes is 1. The van der Waals surface area contributed by atoms with Crippen molar-refractivity contribution in [1.82, 2.24) is 0 Å². The molecule has 0 aromatic rings. The highest BCUT2D eigenvalue weighted by Gasteiger charge is 1.98. The minimum Gasteiger partial charge on any atom is -0.384 e. The Hall–Kier alpha value is -0.960. The van der Waals surface area contributed by atoms with E-state index in [1.807, 2.05) is 0 Å². The molecule has 0 saturated carbocycles. The molecule has 2 nitrogen and oxygen atoms in total. The number of hydrogen-bond acceptors (Lipinski definition) is 2. The van der Waals surface area contributed by atoms with Crippen molar-refractivity contribution in [3.8, 4) is 24.2 Å². The standard InChI is InChI=1S/C16H26O2/c1-2-3-4-5-6-7-8-9-10-11-13-16(18)14-12-15-17/h1,16-18H,3-11,13,15H2. The molecule has 102 valence electrons. The van der Waals surface area contributed by atoms with E-state index in [0.717, 1.165) is 32.1 Å². The maximum atomic E-state index is 9.40. The highest BCUT2D eigenvalue weighted by Crippen LogP contribution is 2.11. The first-order valence-electron chi connectivity index (χ1n) is 7.02. The Balaban J connectivity index is 3.14. The molecule has 0 aliphatic carbocycles. The van der Waals surface area contributed by atoms with E-state index in [2.05, 4.69) is 17.8 Å². The van der Waals surface area contributed by atoms with Gasteiger partial charge in [0, 0.05) is 6.42 Å². The molecule has 0 amide bonds. The first-order chi connectivity index (χ1) is 8.81. The zero-order chi connectivity index (χ0) is 13.5. The molecule has 2 N–H and O–H groups in total. The van der Waals surface area contributed by atoms with Crippen LogP contribution >= 0.6 is 0 Å². The van der Waals surface area contributed by atoms with Crippen LogP contribution in [0.3, 0.4) is 0 Å². The highest BCUT2D eigenvalue weighted by molar-refractivity contribution is 5.04. The Morgan fingerprint density at radius 3 is 2.00 bits per heavy atom. The lowest BCUT2D eigenvalue weighted by Gasteiger charge is -2.03.